The maximum absolute atomic E-state index is 10.4. The van der Waals surface area contributed by atoms with Crippen molar-refractivity contribution in [2.24, 2.45) is 0 Å². The van der Waals surface area contributed by atoms with Crippen LogP contribution in [-0.4, -0.2) is 96.9 Å². The summed E-state index contributed by atoms with van der Waals surface area (Å²) < 4.78 is 17.4. The van der Waals surface area contributed by atoms with E-state index < -0.39 is 12.2 Å². The predicted octanol–water partition coefficient (Wildman–Crippen LogP) is 0.995. The Bertz CT molecular complexity index is 938. The third-order valence-electron chi connectivity index (χ3n) is 6.02. The van der Waals surface area contributed by atoms with Gasteiger partial charge in [-0.05, 0) is 48.5 Å². The molecule has 2 atom stereocenters. The van der Waals surface area contributed by atoms with Crippen molar-refractivity contribution in [2.45, 2.75) is 24.4 Å². The molecule has 9 heteroatoms. The zero-order chi connectivity index (χ0) is 24.6. The van der Waals surface area contributed by atoms with Crippen LogP contribution in [0, 0.1) is 22.7 Å². The largest absolute Gasteiger partial charge is 0.491 e. The molecule has 2 bridgehead atoms. The van der Waals surface area contributed by atoms with Crippen LogP contribution >= 0.6 is 0 Å². The summed E-state index contributed by atoms with van der Waals surface area (Å²) >= 11 is 0. The Morgan fingerprint density at radius 1 is 0.743 bits per heavy atom. The van der Waals surface area contributed by atoms with Crippen molar-refractivity contribution >= 4 is 0 Å². The van der Waals surface area contributed by atoms with E-state index in [4.69, 9.17) is 24.7 Å². The molecule has 2 aliphatic rings. The molecule has 35 heavy (non-hydrogen) atoms. The maximum Gasteiger partial charge on any atom is 0.119 e. The first-order valence-electron chi connectivity index (χ1n) is 11.7. The summed E-state index contributed by atoms with van der Waals surface area (Å²) in [6, 6.07) is 17.8. The van der Waals surface area contributed by atoms with Crippen molar-refractivity contribution in [2.75, 3.05) is 52.5 Å². The van der Waals surface area contributed by atoms with E-state index in [2.05, 4.69) is 21.9 Å². The maximum atomic E-state index is 10.4. The number of nitrogens with zero attached hydrogens (tertiary/aromatic N) is 4. The van der Waals surface area contributed by atoms with E-state index in [1.165, 1.54) is 0 Å². The van der Waals surface area contributed by atoms with Gasteiger partial charge in [0.2, 0.25) is 0 Å². The number of fused-ring (bicyclic) bond motifs is 2. The van der Waals surface area contributed by atoms with Crippen LogP contribution in [0.1, 0.15) is 11.1 Å². The van der Waals surface area contributed by atoms with Gasteiger partial charge in [0, 0.05) is 39.3 Å². The number of hydrogen-bond donors (Lipinski definition) is 2. The second kappa shape index (κ2) is 12.0. The van der Waals surface area contributed by atoms with E-state index in [0.29, 0.717) is 61.9 Å². The Morgan fingerprint density at radius 3 is 1.46 bits per heavy atom. The molecule has 0 saturated carbocycles. The van der Waals surface area contributed by atoms with E-state index in [0.717, 1.165) is 0 Å². The Kier molecular flexibility index (Phi) is 8.54. The number of aliphatic hydroxyl groups is 2. The van der Waals surface area contributed by atoms with Crippen LogP contribution in [0.25, 0.3) is 0 Å². The molecule has 2 N–H and O–H groups in total. The molecule has 2 aliphatic heterocycles. The van der Waals surface area contributed by atoms with Crippen molar-refractivity contribution < 1.29 is 24.4 Å². The van der Waals surface area contributed by atoms with Crippen LogP contribution in [0.3, 0.4) is 0 Å². The second-order valence-corrected chi connectivity index (χ2v) is 9.02. The first-order valence-corrected chi connectivity index (χ1v) is 11.7. The van der Waals surface area contributed by atoms with Gasteiger partial charge >= 0.3 is 0 Å². The highest BCUT2D eigenvalue weighted by Crippen LogP contribution is 2.20. The molecule has 2 aromatic rings. The third kappa shape index (κ3) is 7.40. The van der Waals surface area contributed by atoms with Gasteiger partial charge in [-0.15, -0.1) is 0 Å². The standard InChI is InChI=1S/C26H30N4O5/c27-9-19-1-5-23(6-2-19)33-17-21(31)11-29-13-25-15-30(16-26(14-29)35-25)12-22(32)18-34-24-7-3-20(10-28)4-8-24/h1-8,21-22,25-26,31-32H,11-18H2/t21-,22-,25?,26?/m0/s1. The zero-order valence-electron chi connectivity index (χ0n) is 19.5. The molecule has 0 radical (unpaired) electrons. The number of ether oxygens (including phenoxy) is 3. The monoisotopic (exact) mass is 478 g/mol. The lowest BCUT2D eigenvalue weighted by Crippen LogP contribution is -2.61. The van der Waals surface area contributed by atoms with Crippen molar-refractivity contribution in [1.82, 2.24) is 9.80 Å². The van der Waals surface area contributed by atoms with Crippen molar-refractivity contribution in [3.63, 3.8) is 0 Å². The van der Waals surface area contributed by atoms with Crippen LogP contribution in [0.15, 0.2) is 48.5 Å². The van der Waals surface area contributed by atoms with Gasteiger partial charge in [-0.1, -0.05) is 0 Å². The Morgan fingerprint density at radius 2 is 1.11 bits per heavy atom. The molecule has 0 aliphatic carbocycles. The smallest absolute Gasteiger partial charge is 0.119 e. The topological polar surface area (TPSA) is 122 Å². The minimum Gasteiger partial charge on any atom is -0.491 e. The normalized spacial score (nSPS) is 21.9. The van der Waals surface area contributed by atoms with E-state index in [9.17, 15) is 10.2 Å². The molecule has 4 rings (SSSR count). The van der Waals surface area contributed by atoms with Crippen LogP contribution < -0.4 is 9.47 Å². The van der Waals surface area contributed by atoms with Gasteiger partial charge < -0.3 is 24.4 Å². The molecule has 184 valence electrons. The first kappa shape index (κ1) is 24.9. The lowest BCUT2D eigenvalue weighted by atomic mass is 10.1. The molecule has 9 nitrogen and oxygen atoms in total. The summed E-state index contributed by atoms with van der Waals surface area (Å²) in [5, 5.41) is 38.6. The van der Waals surface area contributed by atoms with Crippen LogP contribution in [0.2, 0.25) is 0 Å². The van der Waals surface area contributed by atoms with Gasteiger partial charge in [-0.25, -0.2) is 0 Å². The van der Waals surface area contributed by atoms with Crippen LogP contribution in [-0.2, 0) is 4.74 Å². The number of rotatable bonds is 10. The summed E-state index contributed by atoms with van der Waals surface area (Å²) in [6.45, 7) is 4.17. The van der Waals surface area contributed by atoms with Crippen molar-refractivity contribution in [3.8, 4) is 23.6 Å². The summed E-state index contributed by atoms with van der Waals surface area (Å²) in [6.07, 6.45) is -1.25. The Hall–Kier alpha value is -3.18. The molecule has 2 aromatic carbocycles. The minimum absolute atomic E-state index is 0.0146. The molecular weight excluding hydrogens is 448 g/mol. The number of hydrogen-bond acceptors (Lipinski definition) is 9. The first-order chi connectivity index (χ1) is 17.0. The molecule has 0 unspecified atom stereocenters. The number of morpholine rings is 2. The Labute approximate surface area is 205 Å². The zero-order valence-corrected chi connectivity index (χ0v) is 19.5. The van der Waals surface area contributed by atoms with Gasteiger partial charge in [0.05, 0.1) is 35.5 Å². The van der Waals surface area contributed by atoms with Crippen LogP contribution in [0.5, 0.6) is 11.5 Å². The predicted molar refractivity (Wildman–Crippen MR) is 127 cm³/mol. The van der Waals surface area contributed by atoms with E-state index in [1.807, 2.05) is 0 Å². The van der Waals surface area contributed by atoms with Gasteiger partial charge in [-0.2, -0.15) is 10.5 Å². The summed E-state index contributed by atoms with van der Waals surface area (Å²) in [5.41, 5.74) is 1.14. The average Bonchev–Trinajstić information content (AvgIpc) is 2.86. The highest BCUT2D eigenvalue weighted by Gasteiger charge is 2.36. The lowest BCUT2D eigenvalue weighted by Gasteiger charge is -2.46. The Balaban J connectivity index is 1.16. The minimum atomic E-state index is -0.637. The van der Waals surface area contributed by atoms with Crippen LogP contribution in [0.4, 0.5) is 0 Å². The summed E-state index contributed by atoms with van der Waals surface area (Å²) in [7, 11) is 0. The van der Waals surface area contributed by atoms with E-state index in [1.54, 1.807) is 48.5 Å². The van der Waals surface area contributed by atoms with Gasteiger partial charge in [0.15, 0.2) is 0 Å². The summed E-state index contributed by atoms with van der Waals surface area (Å²) in [5.74, 6) is 1.25. The molecule has 2 heterocycles. The fourth-order valence-corrected chi connectivity index (χ4v) is 4.50. The highest BCUT2D eigenvalue weighted by atomic mass is 16.5. The van der Waals surface area contributed by atoms with Gasteiger partial charge in [0.25, 0.3) is 0 Å². The number of aliphatic hydroxyl groups excluding tert-OH is 2. The van der Waals surface area contributed by atoms with E-state index in [-0.39, 0.29) is 25.4 Å². The van der Waals surface area contributed by atoms with Gasteiger partial charge in [0.1, 0.15) is 36.9 Å². The molecule has 2 fully saturated rings. The molecule has 0 aromatic heterocycles. The highest BCUT2D eigenvalue weighted by molar-refractivity contribution is 5.35. The number of benzene rings is 2. The molecular formula is C26H30N4O5. The molecule has 0 spiro atoms. The van der Waals surface area contributed by atoms with E-state index >= 15 is 0 Å². The fraction of sp³-hybridized carbons (Fsp3) is 0.462. The van der Waals surface area contributed by atoms with Crippen molar-refractivity contribution in [3.05, 3.63) is 59.7 Å². The third-order valence-corrected chi connectivity index (χ3v) is 6.02. The summed E-state index contributed by atoms with van der Waals surface area (Å²) in [4.78, 5) is 4.40. The molecule has 2 saturated heterocycles. The van der Waals surface area contributed by atoms with Gasteiger partial charge in [-0.3, -0.25) is 9.80 Å². The quantitative estimate of drug-likeness (QED) is 0.515. The fourth-order valence-electron chi connectivity index (χ4n) is 4.50. The molecule has 0 amide bonds. The number of β-amino-alcohol motifs (C(OH)–C–C–N with tert-alkyl or cyclic N) is 2. The lowest BCUT2D eigenvalue weighted by molar-refractivity contribution is -0.147. The second-order valence-electron chi connectivity index (χ2n) is 9.02. The number of nitriles is 2. The SMILES string of the molecule is N#Cc1ccc(OC[C@@H](O)CN2CC3CN(C[C@H](O)COc4ccc(C#N)cc4)CC(C2)O3)cc1. The van der Waals surface area contributed by atoms with Crippen molar-refractivity contribution in [1.29, 1.82) is 10.5 Å². The average molecular weight is 479 g/mol.